The summed E-state index contributed by atoms with van der Waals surface area (Å²) in [6.45, 7) is 0.675. The summed E-state index contributed by atoms with van der Waals surface area (Å²) in [4.78, 5) is 15.5. The highest BCUT2D eigenvalue weighted by Gasteiger charge is 2.57. The van der Waals surface area contributed by atoms with Gasteiger partial charge >= 0.3 is 0 Å². The van der Waals surface area contributed by atoms with E-state index >= 15 is 0 Å². The van der Waals surface area contributed by atoms with Crippen LogP contribution in [-0.2, 0) is 15.6 Å². The van der Waals surface area contributed by atoms with E-state index in [2.05, 4.69) is 12.1 Å². The van der Waals surface area contributed by atoms with Crippen LogP contribution < -0.4 is 0 Å². The number of likely N-dealkylation sites (tertiary alicyclic amines) is 1. The van der Waals surface area contributed by atoms with Crippen molar-refractivity contribution in [2.45, 2.75) is 36.1 Å². The summed E-state index contributed by atoms with van der Waals surface area (Å²) < 4.78 is 26.2. The number of nitrogens with zero attached hydrogens (tertiary/aromatic N) is 2. The van der Waals surface area contributed by atoms with Crippen LogP contribution in [0.2, 0.25) is 5.02 Å². The molecule has 0 N–H and O–H groups in total. The van der Waals surface area contributed by atoms with E-state index < -0.39 is 10.0 Å². The number of halogens is 1. The summed E-state index contributed by atoms with van der Waals surface area (Å²) >= 11 is 6.36. The van der Waals surface area contributed by atoms with Crippen molar-refractivity contribution in [2.75, 3.05) is 20.6 Å². The topological polar surface area (TPSA) is 57.7 Å². The Morgan fingerprint density at radius 2 is 1.86 bits per heavy atom. The first-order valence-corrected chi connectivity index (χ1v) is 11.7. The first-order chi connectivity index (χ1) is 13.8. The van der Waals surface area contributed by atoms with Gasteiger partial charge in [0.05, 0.1) is 21.0 Å². The van der Waals surface area contributed by atoms with Gasteiger partial charge in [-0.25, -0.2) is 12.7 Å². The van der Waals surface area contributed by atoms with Crippen LogP contribution in [0, 0.1) is 5.92 Å². The minimum Gasteiger partial charge on any atom is -0.328 e. The molecule has 29 heavy (non-hydrogen) atoms. The normalized spacial score (nSPS) is 24.1. The molecular weight excluding hydrogens is 408 g/mol. The molecule has 1 saturated carbocycles. The highest BCUT2D eigenvalue weighted by molar-refractivity contribution is 7.89. The van der Waals surface area contributed by atoms with E-state index in [9.17, 15) is 13.2 Å². The maximum absolute atomic E-state index is 13.6. The van der Waals surface area contributed by atoms with Crippen molar-refractivity contribution in [3.8, 4) is 0 Å². The number of hydrogen-bond donors (Lipinski definition) is 0. The second-order valence-electron chi connectivity index (χ2n) is 8.08. The van der Waals surface area contributed by atoms with Gasteiger partial charge in [0, 0.05) is 26.6 Å². The van der Waals surface area contributed by atoms with Gasteiger partial charge in [0.1, 0.15) is 0 Å². The Balaban J connectivity index is 1.75. The third-order valence-corrected chi connectivity index (χ3v) is 8.53. The van der Waals surface area contributed by atoms with E-state index in [0.29, 0.717) is 12.5 Å². The number of sulfonamides is 1. The first-order valence-electron chi connectivity index (χ1n) is 9.88. The van der Waals surface area contributed by atoms with Gasteiger partial charge in [-0.2, -0.15) is 0 Å². The summed E-state index contributed by atoms with van der Waals surface area (Å²) in [5.41, 5.74) is 1.07. The van der Waals surface area contributed by atoms with Crippen molar-refractivity contribution in [1.29, 1.82) is 0 Å². The maximum Gasteiger partial charge on any atom is 0.256 e. The lowest BCUT2D eigenvalue weighted by Crippen LogP contribution is -2.67. The molecule has 1 heterocycles. The molecule has 1 saturated heterocycles. The largest absolute Gasteiger partial charge is 0.328 e. The molecule has 0 aromatic heterocycles. The van der Waals surface area contributed by atoms with Crippen LogP contribution in [0.25, 0.3) is 0 Å². The molecule has 0 bridgehead atoms. The standard InChI is InChI=1S/C22H25ClN2O3S/c1-24(2)29(27,28)18-11-12-20(23)19(14-18)21(26)25-15-17-10-6-7-13-22(17,25)16-8-4-3-5-9-16/h3-5,8-9,11-12,14,17H,6-7,10,13,15H2,1-2H3/t17-,22-/m1/s1. The first kappa shape index (κ1) is 20.4. The van der Waals surface area contributed by atoms with Crippen molar-refractivity contribution < 1.29 is 13.2 Å². The molecule has 1 aliphatic carbocycles. The average Bonchev–Trinajstić information content (AvgIpc) is 2.69. The number of amides is 1. The predicted octanol–water partition coefficient (Wildman–Crippen LogP) is 4.13. The van der Waals surface area contributed by atoms with E-state index in [1.54, 1.807) is 0 Å². The lowest BCUT2D eigenvalue weighted by molar-refractivity contribution is -0.0869. The van der Waals surface area contributed by atoms with E-state index in [-0.39, 0.29) is 26.9 Å². The molecule has 4 rings (SSSR count). The Labute approximate surface area is 177 Å². The van der Waals surface area contributed by atoms with E-state index in [1.807, 2.05) is 23.1 Å². The number of hydrogen-bond acceptors (Lipinski definition) is 3. The van der Waals surface area contributed by atoms with Crippen molar-refractivity contribution in [3.63, 3.8) is 0 Å². The maximum atomic E-state index is 13.6. The fourth-order valence-electron chi connectivity index (χ4n) is 4.81. The van der Waals surface area contributed by atoms with Gasteiger partial charge in [-0.05, 0) is 36.6 Å². The molecule has 5 nitrogen and oxygen atoms in total. The number of fused-ring (bicyclic) bond motifs is 1. The van der Waals surface area contributed by atoms with E-state index in [4.69, 9.17) is 11.6 Å². The zero-order valence-corrected chi connectivity index (χ0v) is 18.2. The Morgan fingerprint density at radius 1 is 1.14 bits per heavy atom. The summed E-state index contributed by atoms with van der Waals surface area (Å²) in [5, 5.41) is 0.273. The summed E-state index contributed by atoms with van der Waals surface area (Å²) in [6.07, 6.45) is 4.26. The second kappa shape index (κ2) is 7.42. The van der Waals surface area contributed by atoms with Crippen LogP contribution in [0.5, 0.6) is 0 Å². The lowest BCUT2D eigenvalue weighted by atomic mass is 9.61. The Morgan fingerprint density at radius 3 is 2.52 bits per heavy atom. The molecule has 2 atom stereocenters. The van der Waals surface area contributed by atoms with Crippen molar-refractivity contribution in [2.24, 2.45) is 5.92 Å². The summed E-state index contributed by atoms with van der Waals surface area (Å²) in [6, 6.07) is 14.5. The van der Waals surface area contributed by atoms with Crippen molar-refractivity contribution >= 4 is 27.5 Å². The van der Waals surface area contributed by atoms with Gasteiger partial charge in [0.25, 0.3) is 5.91 Å². The van der Waals surface area contributed by atoms with Gasteiger partial charge in [-0.3, -0.25) is 4.79 Å². The van der Waals surface area contributed by atoms with Gasteiger partial charge in [0.15, 0.2) is 0 Å². The van der Waals surface area contributed by atoms with Gasteiger partial charge in [0.2, 0.25) is 10.0 Å². The molecule has 0 radical (unpaired) electrons. The Kier molecular flexibility index (Phi) is 5.21. The molecule has 1 amide bonds. The Bertz CT molecular complexity index is 1040. The van der Waals surface area contributed by atoms with E-state index in [0.717, 1.165) is 29.1 Å². The monoisotopic (exact) mass is 432 g/mol. The molecular formula is C22H25ClN2O3S. The molecule has 7 heteroatoms. The third kappa shape index (κ3) is 3.18. The minimum atomic E-state index is -3.65. The molecule has 1 aliphatic heterocycles. The van der Waals surface area contributed by atoms with E-state index in [1.165, 1.54) is 38.7 Å². The van der Waals surface area contributed by atoms with Gasteiger partial charge in [-0.1, -0.05) is 54.8 Å². The lowest BCUT2D eigenvalue weighted by Gasteiger charge is -2.61. The average molecular weight is 433 g/mol. The highest BCUT2D eigenvalue weighted by atomic mass is 35.5. The third-order valence-electron chi connectivity index (χ3n) is 6.39. The molecule has 2 aromatic rings. The van der Waals surface area contributed by atoms with Crippen molar-refractivity contribution in [1.82, 2.24) is 9.21 Å². The molecule has 2 aromatic carbocycles. The zero-order valence-electron chi connectivity index (χ0n) is 16.6. The fraction of sp³-hybridized carbons (Fsp3) is 0.409. The molecule has 0 spiro atoms. The van der Waals surface area contributed by atoms with Crippen LogP contribution >= 0.6 is 11.6 Å². The predicted molar refractivity (Wildman–Crippen MR) is 113 cm³/mol. The summed E-state index contributed by atoms with van der Waals surface area (Å²) in [5.74, 6) is 0.225. The molecule has 0 unspecified atom stereocenters. The number of rotatable bonds is 4. The zero-order chi connectivity index (χ0) is 20.8. The van der Waals surface area contributed by atoms with Crippen LogP contribution in [0.3, 0.4) is 0 Å². The molecule has 2 aliphatic rings. The van der Waals surface area contributed by atoms with Crippen molar-refractivity contribution in [3.05, 3.63) is 64.7 Å². The van der Waals surface area contributed by atoms with Gasteiger partial charge < -0.3 is 4.90 Å². The quantitative estimate of drug-likeness (QED) is 0.729. The summed E-state index contributed by atoms with van der Waals surface area (Å²) in [7, 11) is -0.711. The molecule has 154 valence electrons. The number of carbonyl (C=O) groups excluding carboxylic acids is 1. The van der Waals surface area contributed by atoms with Gasteiger partial charge in [-0.15, -0.1) is 0 Å². The fourth-order valence-corrected chi connectivity index (χ4v) is 5.94. The van der Waals surface area contributed by atoms with Crippen LogP contribution in [-0.4, -0.2) is 44.2 Å². The van der Waals surface area contributed by atoms with Crippen LogP contribution in [0.15, 0.2) is 53.4 Å². The number of carbonyl (C=O) groups is 1. The second-order valence-corrected chi connectivity index (χ2v) is 10.6. The SMILES string of the molecule is CN(C)S(=O)(=O)c1ccc(Cl)c(C(=O)N2C[C@H]3CCCC[C@@]32c2ccccc2)c1. The smallest absolute Gasteiger partial charge is 0.256 e. The minimum absolute atomic E-state index is 0.0738. The Hall–Kier alpha value is -1.89. The van der Waals surface area contributed by atoms with Crippen LogP contribution in [0.1, 0.15) is 41.6 Å². The molecule has 2 fully saturated rings. The highest BCUT2D eigenvalue weighted by Crippen LogP contribution is 2.54. The van der Waals surface area contributed by atoms with Crippen LogP contribution in [0.4, 0.5) is 0 Å². The number of benzene rings is 2.